The van der Waals surface area contributed by atoms with Crippen molar-refractivity contribution in [1.29, 1.82) is 0 Å². The maximum Gasteiger partial charge on any atom is 0.240 e. The Morgan fingerprint density at radius 1 is 1.18 bits per heavy atom. The second-order valence-corrected chi connectivity index (χ2v) is 8.06. The van der Waals surface area contributed by atoms with Gasteiger partial charge in [-0.1, -0.05) is 61.2 Å². The minimum Gasteiger partial charge on any atom is -0.325 e. The van der Waals surface area contributed by atoms with E-state index in [0.29, 0.717) is 5.16 Å². The Morgan fingerprint density at radius 3 is 2.71 bits per heavy atom. The molecule has 7 heteroatoms. The fourth-order valence-electron chi connectivity index (χ4n) is 3.31. The molecule has 1 aliphatic heterocycles. The van der Waals surface area contributed by atoms with E-state index in [-0.39, 0.29) is 17.2 Å². The Bertz CT molecular complexity index is 1000. The number of rotatable bonds is 4. The lowest BCUT2D eigenvalue weighted by atomic mass is 10.0. The van der Waals surface area contributed by atoms with Crippen LogP contribution in [0.15, 0.2) is 53.7 Å². The van der Waals surface area contributed by atoms with Crippen LogP contribution in [0.5, 0.6) is 0 Å². The number of amides is 1. The van der Waals surface area contributed by atoms with E-state index in [0.717, 1.165) is 34.6 Å². The van der Waals surface area contributed by atoms with E-state index in [1.165, 1.54) is 11.8 Å². The predicted octanol–water partition coefficient (Wildman–Crippen LogP) is 3.86. The van der Waals surface area contributed by atoms with Gasteiger partial charge in [-0.25, -0.2) is 4.68 Å². The van der Waals surface area contributed by atoms with Crippen LogP contribution in [0.4, 0.5) is 5.69 Å². The van der Waals surface area contributed by atoms with Crippen LogP contribution >= 0.6 is 11.8 Å². The zero-order valence-corrected chi connectivity index (χ0v) is 17.0. The lowest BCUT2D eigenvalue weighted by Gasteiger charge is -2.33. The largest absolute Gasteiger partial charge is 0.325 e. The molecule has 0 bridgehead atoms. The lowest BCUT2D eigenvalue weighted by Crippen LogP contribution is -2.41. The Labute approximate surface area is 168 Å². The molecule has 6 nitrogen and oxygen atoms in total. The topological polar surface area (TPSA) is 71.8 Å². The molecule has 1 amide bonds. The first-order valence-electron chi connectivity index (χ1n) is 9.37. The van der Waals surface area contributed by atoms with E-state index in [2.05, 4.69) is 20.9 Å². The van der Waals surface area contributed by atoms with E-state index in [1.54, 1.807) is 0 Å². The summed E-state index contributed by atoms with van der Waals surface area (Å²) in [6, 6.07) is 15.9. The summed E-state index contributed by atoms with van der Waals surface area (Å²) in [5.74, 6) is 0.809. The molecule has 0 saturated heterocycles. The zero-order chi connectivity index (χ0) is 19.7. The summed E-state index contributed by atoms with van der Waals surface area (Å²) in [6.07, 6.45) is 0.765. The first-order chi connectivity index (χ1) is 13.6. The van der Waals surface area contributed by atoms with Gasteiger partial charge in [-0.3, -0.25) is 4.79 Å². The van der Waals surface area contributed by atoms with Crippen molar-refractivity contribution in [3.63, 3.8) is 0 Å². The number of aryl methyl sites for hydroxylation is 3. The fraction of sp³-hybridized carbons (Fsp3) is 0.286. The second kappa shape index (κ2) is 7.67. The number of fused-ring (bicyclic) bond motifs is 1. The van der Waals surface area contributed by atoms with Gasteiger partial charge in [0.2, 0.25) is 11.1 Å². The third-order valence-corrected chi connectivity index (χ3v) is 6.10. The zero-order valence-electron chi connectivity index (χ0n) is 16.1. The van der Waals surface area contributed by atoms with Crippen LogP contribution in [0.25, 0.3) is 0 Å². The molecule has 28 heavy (non-hydrogen) atoms. The highest BCUT2D eigenvalue weighted by atomic mass is 32.2. The number of benzene rings is 2. The molecule has 2 aromatic carbocycles. The van der Waals surface area contributed by atoms with Crippen LogP contribution in [0.3, 0.4) is 0 Å². The maximum atomic E-state index is 13.3. The molecule has 4 rings (SSSR count). The first kappa shape index (κ1) is 18.6. The van der Waals surface area contributed by atoms with Crippen molar-refractivity contribution in [2.24, 2.45) is 0 Å². The smallest absolute Gasteiger partial charge is 0.240 e. The minimum atomic E-state index is -0.372. The van der Waals surface area contributed by atoms with E-state index < -0.39 is 0 Å². The molecule has 144 valence electrons. The van der Waals surface area contributed by atoms with E-state index in [9.17, 15) is 4.79 Å². The van der Waals surface area contributed by atoms with Crippen molar-refractivity contribution in [2.45, 2.75) is 43.6 Å². The molecule has 1 aliphatic rings. The van der Waals surface area contributed by atoms with E-state index in [1.807, 2.05) is 74.0 Å². The molecule has 0 spiro atoms. The van der Waals surface area contributed by atoms with E-state index >= 15 is 0 Å². The number of carbonyl (C=O) groups excluding carboxylic acids is 1. The number of nitrogens with one attached hydrogen (secondary N) is 2. The molecular weight excluding hydrogens is 370 g/mol. The number of aromatic nitrogens is 3. The Hall–Kier alpha value is -2.80. The molecule has 2 N–H and O–H groups in total. The van der Waals surface area contributed by atoms with Crippen molar-refractivity contribution in [3.8, 4) is 0 Å². The van der Waals surface area contributed by atoms with Gasteiger partial charge in [0.25, 0.3) is 0 Å². The Balaban J connectivity index is 1.68. The third kappa shape index (κ3) is 3.49. The van der Waals surface area contributed by atoms with Crippen LogP contribution in [0.2, 0.25) is 0 Å². The highest BCUT2D eigenvalue weighted by Gasteiger charge is 2.37. The average molecular weight is 394 g/mol. The number of nitrogens with zero attached hydrogens (tertiary/aromatic N) is 3. The number of hydrogen-bond acceptors (Lipinski definition) is 5. The molecular formula is C21H23N5OS. The number of thioether (sulfide) groups is 1. The van der Waals surface area contributed by atoms with Crippen LogP contribution in [0.1, 0.15) is 35.5 Å². The summed E-state index contributed by atoms with van der Waals surface area (Å²) in [4.78, 5) is 13.3. The summed E-state index contributed by atoms with van der Waals surface area (Å²) in [5, 5.41) is 12.0. The SMILES string of the molecule is CCc1nnc2n1N[C@@H](c1ccccc1)[C@@H](C(=O)Nc1cc(C)ccc1C)S2. The van der Waals surface area contributed by atoms with Crippen molar-refractivity contribution < 1.29 is 4.79 Å². The van der Waals surface area contributed by atoms with Crippen molar-refractivity contribution >= 4 is 23.4 Å². The van der Waals surface area contributed by atoms with Crippen molar-refractivity contribution in [2.75, 3.05) is 10.7 Å². The van der Waals surface area contributed by atoms with Crippen LogP contribution in [0, 0.1) is 13.8 Å². The number of hydrogen-bond donors (Lipinski definition) is 2. The summed E-state index contributed by atoms with van der Waals surface area (Å²) in [5.41, 5.74) is 7.52. The van der Waals surface area contributed by atoms with E-state index in [4.69, 9.17) is 0 Å². The third-order valence-electron chi connectivity index (χ3n) is 4.89. The molecule has 0 saturated carbocycles. The van der Waals surface area contributed by atoms with Gasteiger partial charge in [0.15, 0.2) is 5.82 Å². The van der Waals surface area contributed by atoms with Crippen molar-refractivity contribution in [1.82, 2.24) is 14.9 Å². The second-order valence-electron chi connectivity index (χ2n) is 6.95. The van der Waals surface area contributed by atoms with Crippen molar-refractivity contribution in [3.05, 3.63) is 71.0 Å². The highest BCUT2D eigenvalue weighted by Crippen LogP contribution is 2.37. The van der Waals surface area contributed by atoms with Crippen LogP contribution < -0.4 is 10.7 Å². The van der Waals surface area contributed by atoms with Gasteiger partial charge >= 0.3 is 0 Å². The average Bonchev–Trinajstić information content (AvgIpc) is 3.12. The van der Waals surface area contributed by atoms with Gasteiger partial charge in [0.05, 0.1) is 6.04 Å². The monoisotopic (exact) mass is 393 g/mol. The Kier molecular flexibility index (Phi) is 5.09. The molecule has 2 atom stereocenters. The van der Waals surface area contributed by atoms with Gasteiger partial charge in [-0.15, -0.1) is 10.2 Å². The van der Waals surface area contributed by atoms with Crippen LogP contribution in [-0.4, -0.2) is 26.0 Å². The van der Waals surface area contributed by atoms with Gasteiger partial charge in [-0.05, 0) is 36.6 Å². The normalized spacial score (nSPS) is 18.2. The molecule has 0 unspecified atom stereocenters. The van der Waals surface area contributed by atoms with Gasteiger partial charge < -0.3 is 10.7 Å². The number of anilines is 1. The molecule has 0 radical (unpaired) electrons. The molecule has 0 fully saturated rings. The lowest BCUT2D eigenvalue weighted by molar-refractivity contribution is -0.116. The minimum absolute atomic E-state index is 0.0487. The summed E-state index contributed by atoms with van der Waals surface area (Å²) in [7, 11) is 0. The first-order valence-corrected chi connectivity index (χ1v) is 10.3. The van der Waals surface area contributed by atoms with Gasteiger partial charge in [0, 0.05) is 12.1 Å². The summed E-state index contributed by atoms with van der Waals surface area (Å²) in [6.45, 7) is 6.06. The highest BCUT2D eigenvalue weighted by molar-refractivity contribution is 8.00. The summed E-state index contributed by atoms with van der Waals surface area (Å²) >= 11 is 1.45. The predicted molar refractivity (Wildman–Crippen MR) is 112 cm³/mol. The fourth-order valence-corrected chi connectivity index (χ4v) is 4.41. The Morgan fingerprint density at radius 2 is 1.96 bits per heavy atom. The maximum absolute atomic E-state index is 13.3. The standard InChI is InChI=1S/C21H23N5OS/c1-4-17-23-24-21-26(17)25-18(15-8-6-5-7-9-15)19(28-21)20(27)22-16-12-13(2)10-11-14(16)3/h5-12,18-19,25H,4H2,1-3H3,(H,22,27)/t18-,19-/m0/s1. The molecule has 3 aromatic rings. The summed E-state index contributed by atoms with van der Waals surface area (Å²) < 4.78 is 1.91. The molecule has 2 heterocycles. The quantitative estimate of drug-likeness (QED) is 0.704. The van der Waals surface area contributed by atoms with Gasteiger partial charge in [-0.2, -0.15) is 0 Å². The molecule has 1 aromatic heterocycles. The van der Waals surface area contributed by atoms with Crippen LogP contribution in [-0.2, 0) is 11.2 Å². The molecule has 0 aliphatic carbocycles. The van der Waals surface area contributed by atoms with Gasteiger partial charge in [0.1, 0.15) is 5.25 Å². The number of carbonyl (C=O) groups is 1.